The van der Waals surface area contributed by atoms with Crippen molar-refractivity contribution in [3.8, 4) is 5.75 Å². The van der Waals surface area contributed by atoms with E-state index in [1.807, 2.05) is 13.8 Å². The highest BCUT2D eigenvalue weighted by atomic mass is 79.9. The molecule has 0 atom stereocenters. The third-order valence-electron chi connectivity index (χ3n) is 3.41. The summed E-state index contributed by atoms with van der Waals surface area (Å²) in [4.78, 5) is 0.238. The van der Waals surface area contributed by atoms with Crippen LogP contribution in [0, 0.1) is 0 Å². The van der Waals surface area contributed by atoms with Gasteiger partial charge in [0.2, 0.25) is 10.0 Å². The van der Waals surface area contributed by atoms with Gasteiger partial charge in [-0.05, 0) is 54.0 Å². The fourth-order valence-electron chi connectivity index (χ4n) is 2.17. The molecule has 126 valence electrons. The van der Waals surface area contributed by atoms with E-state index in [0.29, 0.717) is 18.9 Å². The highest BCUT2D eigenvalue weighted by Crippen LogP contribution is 2.23. The first-order valence-corrected chi connectivity index (χ1v) is 9.52. The Bertz CT molecular complexity index is 757. The molecule has 0 radical (unpaired) electrons. The van der Waals surface area contributed by atoms with E-state index in [-0.39, 0.29) is 11.4 Å². The fourth-order valence-corrected chi connectivity index (χ4v) is 3.72. The van der Waals surface area contributed by atoms with Crippen molar-refractivity contribution in [3.05, 3.63) is 40.6 Å². The molecule has 0 spiro atoms. The van der Waals surface area contributed by atoms with Crippen LogP contribution >= 0.6 is 15.9 Å². The van der Waals surface area contributed by atoms with Crippen molar-refractivity contribution in [2.24, 2.45) is 0 Å². The zero-order valence-corrected chi connectivity index (χ0v) is 15.8. The number of aryl methyl sites for hydroxylation is 1. The summed E-state index contributed by atoms with van der Waals surface area (Å²) in [6.45, 7) is 5.31. The number of ether oxygens (including phenoxy) is 1. The molecule has 1 aromatic carbocycles. The van der Waals surface area contributed by atoms with Gasteiger partial charge in [0, 0.05) is 13.6 Å². The van der Waals surface area contributed by atoms with E-state index in [0.717, 1.165) is 10.2 Å². The normalized spacial score (nSPS) is 11.9. The predicted octanol–water partition coefficient (Wildman–Crippen LogP) is 2.88. The van der Waals surface area contributed by atoms with Crippen molar-refractivity contribution in [2.75, 3.05) is 13.7 Å². The average Bonchev–Trinajstić information content (AvgIpc) is 2.88. The van der Waals surface area contributed by atoms with Gasteiger partial charge in [-0.1, -0.05) is 0 Å². The number of nitrogens with zero attached hydrogens (tertiary/aromatic N) is 3. The lowest BCUT2D eigenvalue weighted by atomic mass is 10.3. The van der Waals surface area contributed by atoms with Crippen LogP contribution in [-0.2, 0) is 23.1 Å². The summed E-state index contributed by atoms with van der Waals surface area (Å²) < 4.78 is 34.6. The van der Waals surface area contributed by atoms with Crippen LogP contribution in [0.3, 0.4) is 0 Å². The highest BCUT2D eigenvalue weighted by molar-refractivity contribution is 9.10. The first-order valence-electron chi connectivity index (χ1n) is 7.29. The Hall–Kier alpha value is -1.38. The molecule has 8 heteroatoms. The zero-order valence-electron chi connectivity index (χ0n) is 13.4. The third-order valence-corrected chi connectivity index (χ3v) is 5.89. The summed E-state index contributed by atoms with van der Waals surface area (Å²) in [6.07, 6.45) is 1.68. The highest BCUT2D eigenvalue weighted by Gasteiger charge is 2.23. The monoisotopic (exact) mass is 401 g/mol. The van der Waals surface area contributed by atoms with Crippen molar-refractivity contribution in [3.63, 3.8) is 0 Å². The molecule has 0 aliphatic rings. The second kappa shape index (κ2) is 7.46. The third kappa shape index (κ3) is 3.94. The average molecular weight is 402 g/mol. The van der Waals surface area contributed by atoms with Gasteiger partial charge in [0.25, 0.3) is 0 Å². The Kier molecular flexibility index (Phi) is 5.83. The van der Waals surface area contributed by atoms with E-state index >= 15 is 0 Å². The largest absolute Gasteiger partial charge is 0.494 e. The molecule has 6 nitrogen and oxygen atoms in total. The van der Waals surface area contributed by atoms with Crippen LogP contribution in [0.25, 0.3) is 0 Å². The van der Waals surface area contributed by atoms with Crippen molar-refractivity contribution >= 4 is 26.0 Å². The maximum atomic E-state index is 12.7. The topological polar surface area (TPSA) is 64.4 Å². The summed E-state index contributed by atoms with van der Waals surface area (Å²) in [7, 11) is -2.01. The van der Waals surface area contributed by atoms with Crippen LogP contribution < -0.4 is 4.74 Å². The van der Waals surface area contributed by atoms with Gasteiger partial charge in [0.05, 0.1) is 34.4 Å². The van der Waals surface area contributed by atoms with Crippen molar-refractivity contribution in [2.45, 2.75) is 31.8 Å². The maximum Gasteiger partial charge on any atom is 0.243 e. The maximum absolute atomic E-state index is 12.7. The summed E-state index contributed by atoms with van der Waals surface area (Å²) in [5.74, 6) is 0.654. The molecule has 0 N–H and O–H groups in total. The molecule has 0 aliphatic carbocycles. The van der Waals surface area contributed by atoms with Gasteiger partial charge < -0.3 is 4.74 Å². The Balaban J connectivity index is 2.22. The number of aromatic nitrogens is 2. The van der Waals surface area contributed by atoms with Crippen LogP contribution in [0.15, 0.2) is 39.8 Å². The van der Waals surface area contributed by atoms with E-state index in [1.54, 1.807) is 42.2 Å². The van der Waals surface area contributed by atoms with E-state index in [1.165, 1.54) is 4.31 Å². The lowest BCUT2D eigenvalue weighted by Gasteiger charge is -2.18. The molecule has 0 saturated heterocycles. The standard InChI is InChI=1S/C15H20BrN3O3S/c1-4-19-15(14(16)10-17-19)11-18(3)23(20,21)13-8-6-12(7-9-13)22-5-2/h6-10H,4-5,11H2,1-3H3. The second-order valence-electron chi connectivity index (χ2n) is 4.92. The minimum absolute atomic E-state index is 0.238. The number of sulfonamides is 1. The molecule has 2 rings (SSSR count). The Morgan fingerprint density at radius 3 is 2.48 bits per heavy atom. The van der Waals surface area contributed by atoms with E-state index in [4.69, 9.17) is 4.74 Å². The molecule has 1 aromatic heterocycles. The van der Waals surface area contributed by atoms with Crippen molar-refractivity contribution in [1.29, 1.82) is 0 Å². The van der Waals surface area contributed by atoms with Gasteiger partial charge in [0.1, 0.15) is 5.75 Å². The lowest BCUT2D eigenvalue weighted by Crippen LogP contribution is -2.27. The van der Waals surface area contributed by atoms with Crippen LogP contribution in [-0.4, -0.2) is 36.2 Å². The number of hydrogen-bond acceptors (Lipinski definition) is 4. The number of hydrogen-bond donors (Lipinski definition) is 0. The van der Waals surface area contributed by atoms with Gasteiger partial charge in [-0.25, -0.2) is 8.42 Å². The van der Waals surface area contributed by atoms with Crippen LogP contribution in [0.1, 0.15) is 19.5 Å². The molecule has 0 aliphatic heterocycles. The molecule has 0 amide bonds. The summed E-state index contributed by atoms with van der Waals surface area (Å²) in [6, 6.07) is 6.44. The Labute approximate surface area is 145 Å². The minimum atomic E-state index is -3.57. The molecular formula is C15H20BrN3O3S. The molecule has 2 aromatic rings. The number of halogens is 1. The molecule has 0 unspecified atom stereocenters. The van der Waals surface area contributed by atoms with E-state index < -0.39 is 10.0 Å². The van der Waals surface area contributed by atoms with Crippen LogP contribution in [0.4, 0.5) is 0 Å². The summed E-state index contributed by atoms with van der Waals surface area (Å²) in [5.41, 5.74) is 0.824. The number of rotatable bonds is 7. The van der Waals surface area contributed by atoms with Gasteiger partial charge in [-0.15, -0.1) is 0 Å². The van der Waals surface area contributed by atoms with E-state index in [2.05, 4.69) is 21.0 Å². The summed E-state index contributed by atoms with van der Waals surface area (Å²) >= 11 is 3.41. The quantitative estimate of drug-likeness (QED) is 0.715. The van der Waals surface area contributed by atoms with E-state index in [9.17, 15) is 8.42 Å². The molecule has 0 saturated carbocycles. The zero-order chi connectivity index (χ0) is 17.0. The smallest absolute Gasteiger partial charge is 0.243 e. The molecule has 23 heavy (non-hydrogen) atoms. The van der Waals surface area contributed by atoms with Gasteiger partial charge >= 0.3 is 0 Å². The number of benzene rings is 1. The summed E-state index contributed by atoms with van der Waals surface area (Å²) in [5, 5.41) is 4.21. The van der Waals surface area contributed by atoms with Crippen molar-refractivity contribution < 1.29 is 13.2 Å². The Morgan fingerprint density at radius 2 is 1.91 bits per heavy atom. The van der Waals surface area contributed by atoms with Crippen molar-refractivity contribution in [1.82, 2.24) is 14.1 Å². The Morgan fingerprint density at radius 1 is 1.26 bits per heavy atom. The fraction of sp³-hybridized carbons (Fsp3) is 0.400. The molecular weight excluding hydrogens is 382 g/mol. The minimum Gasteiger partial charge on any atom is -0.494 e. The van der Waals surface area contributed by atoms with Gasteiger partial charge in [-0.2, -0.15) is 9.40 Å². The van der Waals surface area contributed by atoms with Crippen LogP contribution in [0.2, 0.25) is 0 Å². The molecule has 1 heterocycles. The first-order chi connectivity index (χ1) is 10.9. The predicted molar refractivity (Wildman–Crippen MR) is 91.9 cm³/mol. The van der Waals surface area contributed by atoms with Gasteiger partial charge in [0.15, 0.2) is 0 Å². The van der Waals surface area contributed by atoms with Gasteiger partial charge in [-0.3, -0.25) is 4.68 Å². The van der Waals surface area contributed by atoms with Crippen LogP contribution in [0.5, 0.6) is 5.75 Å². The second-order valence-corrected chi connectivity index (χ2v) is 7.82. The lowest BCUT2D eigenvalue weighted by molar-refractivity contribution is 0.340. The SMILES string of the molecule is CCOc1ccc(S(=O)(=O)N(C)Cc2c(Br)cnn2CC)cc1. The first kappa shape index (κ1) is 18.0. The molecule has 0 fully saturated rings. The molecule has 0 bridgehead atoms.